The summed E-state index contributed by atoms with van der Waals surface area (Å²) < 4.78 is 5.32. The number of rotatable bonds is 7. The molecule has 0 aromatic carbocycles. The van der Waals surface area contributed by atoms with Crippen LogP contribution in [0.5, 0.6) is 0 Å². The summed E-state index contributed by atoms with van der Waals surface area (Å²) >= 11 is 0. The maximum absolute atomic E-state index is 12.3. The molecule has 4 heteroatoms. The van der Waals surface area contributed by atoms with Gasteiger partial charge >= 0.3 is 0 Å². The van der Waals surface area contributed by atoms with Crippen LogP contribution in [0.1, 0.15) is 57.6 Å². The molecule has 0 spiro atoms. The smallest absolute Gasteiger partial charge is 0.222 e. The average molecular weight is 292 g/mol. The average Bonchev–Trinajstić information content (AvgIpc) is 2.99. The van der Waals surface area contributed by atoms with E-state index in [2.05, 4.69) is 17.6 Å². The summed E-state index contributed by atoms with van der Waals surface area (Å²) in [5.74, 6) is 1.15. The minimum atomic E-state index is 0.0169. The Kier molecular flexibility index (Phi) is 5.85. The summed E-state index contributed by atoms with van der Waals surface area (Å²) in [5.41, 5.74) is 0.0169. The molecule has 2 N–H and O–H groups in total. The van der Waals surface area contributed by atoms with Crippen molar-refractivity contribution in [2.24, 2.45) is 0 Å². The third-order valence-corrected chi connectivity index (χ3v) is 4.65. The molecule has 1 saturated carbocycles. The number of amides is 1. The van der Waals surface area contributed by atoms with Crippen LogP contribution in [0.3, 0.4) is 0 Å². The summed E-state index contributed by atoms with van der Waals surface area (Å²) in [5, 5.41) is 6.53. The quantitative estimate of drug-likeness (QED) is 0.812. The van der Waals surface area contributed by atoms with E-state index in [9.17, 15) is 4.79 Å². The topological polar surface area (TPSA) is 54.3 Å². The van der Waals surface area contributed by atoms with Crippen LogP contribution in [0.15, 0.2) is 22.8 Å². The molecule has 1 aliphatic rings. The lowest BCUT2D eigenvalue weighted by Crippen LogP contribution is -2.49. The maximum atomic E-state index is 12.3. The molecule has 21 heavy (non-hydrogen) atoms. The van der Waals surface area contributed by atoms with Gasteiger partial charge in [-0.2, -0.15) is 0 Å². The third-order valence-electron chi connectivity index (χ3n) is 4.65. The summed E-state index contributed by atoms with van der Waals surface area (Å²) in [4.78, 5) is 12.3. The standard InChI is InChI=1S/C17H28N2O2/c1-14(8-9-15-7-6-12-21-15)19-16(20)13-17(18-2)10-4-3-5-11-17/h6-7,12,14,18H,3-5,8-11,13H2,1-2H3,(H,19,20). The largest absolute Gasteiger partial charge is 0.469 e. The van der Waals surface area contributed by atoms with Gasteiger partial charge in [-0.15, -0.1) is 0 Å². The van der Waals surface area contributed by atoms with Crippen LogP contribution < -0.4 is 10.6 Å². The zero-order chi connectivity index (χ0) is 15.1. The molecule has 1 aromatic rings. The fourth-order valence-corrected chi connectivity index (χ4v) is 3.26. The molecular weight excluding hydrogens is 264 g/mol. The number of furan rings is 1. The molecule has 0 radical (unpaired) electrons. The van der Waals surface area contributed by atoms with E-state index in [1.165, 1.54) is 19.3 Å². The van der Waals surface area contributed by atoms with Crippen LogP contribution in [0, 0.1) is 0 Å². The second-order valence-corrected chi connectivity index (χ2v) is 6.35. The lowest BCUT2D eigenvalue weighted by Gasteiger charge is -2.37. The Hall–Kier alpha value is -1.29. The van der Waals surface area contributed by atoms with Crippen molar-refractivity contribution in [3.63, 3.8) is 0 Å². The summed E-state index contributed by atoms with van der Waals surface area (Å²) in [6.45, 7) is 2.06. The van der Waals surface area contributed by atoms with Gasteiger partial charge in [-0.05, 0) is 45.4 Å². The van der Waals surface area contributed by atoms with Crippen molar-refractivity contribution in [1.29, 1.82) is 0 Å². The SMILES string of the molecule is CNC1(CC(=O)NC(C)CCc2ccco2)CCCCC1. The lowest BCUT2D eigenvalue weighted by molar-refractivity contribution is -0.123. The maximum Gasteiger partial charge on any atom is 0.222 e. The number of nitrogens with one attached hydrogen (secondary N) is 2. The van der Waals surface area contributed by atoms with E-state index in [1.807, 2.05) is 19.2 Å². The molecule has 0 aliphatic heterocycles. The Labute approximate surface area is 127 Å². The van der Waals surface area contributed by atoms with Crippen molar-refractivity contribution in [2.45, 2.75) is 69.9 Å². The van der Waals surface area contributed by atoms with E-state index in [0.717, 1.165) is 31.4 Å². The van der Waals surface area contributed by atoms with Gasteiger partial charge in [0.2, 0.25) is 5.91 Å². The third kappa shape index (κ3) is 4.88. The molecule has 1 amide bonds. The van der Waals surface area contributed by atoms with Crippen LogP contribution in [-0.2, 0) is 11.2 Å². The van der Waals surface area contributed by atoms with Gasteiger partial charge in [-0.3, -0.25) is 4.79 Å². The minimum Gasteiger partial charge on any atom is -0.469 e. The van der Waals surface area contributed by atoms with Gasteiger partial charge < -0.3 is 15.1 Å². The molecule has 0 bridgehead atoms. The van der Waals surface area contributed by atoms with Crippen LogP contribution in [0.2, 0.25) is 0 Å². The van der Waals surface area contributed by atoms with Gasteiger partial charge in [-0.1, -0.05) is 19.3 Å². The van der Waals surface area contributed by atoms with Gasteiger partial charge in [0, 0.05) is 24.4 Å². The predicted octanol–water partition coefficient (Wildman–Crippen LogP) is 3.03. The van der Waals surface area contributed by atoms with Crippen LogP contribution >= 0.6 is 0 Å². The van der Waals surface area contributed by atoms with E-state index in [4.69, 9.17) is 4.42 Å². The van der Waals surface area contributed by atoms with E-state index >= 15 is 0 Å². The van der Waals surface area contributed by atoms with E-state index in [0.29, 0.717) is 6.42 Å². The van der Waals surface area contributed by atoms with Gasteiger partial charge in [-0.25, -0.2) is 0 Å². The Balaban J connectivity index is 1.74. The normalized spacial score (nSPS) is 19.1. The monoisotopic (exact) mass is 292 g/mol. The highest BCUT2D eigenvalue weighted by atomic mass is 16.3. The summed E-state index contributed by atoms with van der Waals surface area (Å²) in [6.07, 6.45) is 10.0. The van der Waals surface area contributed by atoms with Crippen molar-refractivity contribution >= 4 is 5.91 Å². The highest BCUT2D eigenvalue weighted by Crippen LogP contribution is 2.30. The van der Waals surface area contributed by atoms with Crippen LogP contribution in [0.4, 0.5) is 0 Å². The first kappa shape index (κ1) is 16.1. The summed E-state index contributed by atoms with van der Waals surface area (Å²) in [6, 6.07) is 4.06. The number of hydrogen-bond acceptors (Lipinski definition) is 3. The van der Waals surface area contributed by atoms with E-state index in [-0.39, 0.29) is 17.5 Å². The molecule has 1 fully saturated rings. The number of carbonyl (C=O) groups is 1. The van der Waals surface area contributed by atoms with E-state index < -0.39 is 0 Å². The van der Waals surface area contributed by atoms with Crippen molar-refractivity contribution < 1.29 is 9.21 Å². The van der Waals surface area contributed by atoms with Gasteiger partial charge in [0.1, 0.15) is 5.76 Å². The van der Waals surface area contributed by atoms with Crippen molar-refractivity contribution in [2.75, 3.05) is 7.05 Å². The minimum absolute atomic E-state index is 0.0169. The molecule has 4 nitrogen and oxygen atoms in total. The summed E-state index contributed by atoms with van der Waals surface area (Å²) in [7, 11) is 1.99. The van der Waals surface area contributed by atoms with Gasteiger partial charge in [0.25, 0.3) is 0 Å². The second-order valence-electron chi connectivity index (χ2n) is 6.35. The van der Waals surface area contributed by atoms with Gasteiger partial charge in [0.05, 0.1) is 6.26 Å². The molecule has 118 valence electrons. The number of aryl methyl sites for hydroxylation is 1. The molecule has 1 aliphatic carbocycles. The first-order valence-electron chi connectivity index (χ1n) is 8.14. The molecule has 2 rings (SSSR count). The first-order valence-corrected chi connectivity index (χ1v) is 8.14. The van der Waals surface area contributed by atoms with Crippen LogP contribution in [0.25, 0.3) is 0 Å². The fourth-order valence-electron chi connectivity index (χ4n) is 3.26. The molecule has 1 aromatic heterocycles. The van der Waals surface area contributed by atoms with Crippen molar-refractivity contribution in [1.82, 2.24) is 10.6 Å². The number of hydrogen-bond donors (Lipinski definition) is 2. The Morgan fingerprint density at radius 2 is 2.14 bits per heavy atom. The van der Waals surface area contributed by atoms with Crippen molar-refractivity contribution in [3.8, 4) is 0 Å². The van der Waals surface area contributed by atoms with Crippen molar-refractivity contribution in [3.05, 3.63) is 24.2 Å². The fraction of sp³-hybridized carbons (Fsp3) is 0.706. The predicted molar refractivity (Wildman–Crippen MR) is 84.1 cm³/mol. The highest BCUT2D eigenvalue weighted by molar-refractivity contribution is 5.77. The zero-order valence-electron chi connectivity index (χ0n) is 13.3. The molecule has 1 atom stereocenters. The van der Waals surface area contributed by atoms with Crippen LogP contribution in [-0.4, -0.2) is 24.5 Å². The second kappa shape index (κ2) is 7.64. The Morgan fingerprint density at radius 1 is 1.38 bits per heavy atom. The van der Waals surface area contributed by atoms with Gasteiger partial charge in [0.15, 0.2) is 0 Å². The molecular formula is C17H28N2O2. The van der Waals surface area contributed by atoms with E-state index in [1.54, 1.807) is 6.26 Å². The Bertz CT molecular complexity index is 422. The molecule has 0 saturated heterocycles. The zero-order valence-corrected chi connectivity index (χ0v) is 13.3. The molecule has 1 unspecified atom stereocenters. The molecule has 1 heterocycles. The number of carbonyl (C=O) groups excluding carboxylic acids is 1. The Morgan fingerprint density at radius 3 is 2.76 bits per heavy atom. The highest BCUT2D eigenvalue weighted by Gasteiger charge is 2.32. The lowest BCUT2D eigenvalue weighted by atomic mass is 9.79. The first-order chi connectivity index (χ1) is 10.1.